The van der Waals surface area contributed by atoms with Gasteiger partial charge in [0.1, 0.15) is 5.82 Å². The Morgan fingerprint density at radius 3 is 2.60 bits per heavy atom. The van der Waals surface area contributed by atoms with E-state index in [0.29, 0.717) is 10.7 Å². The topological polar surface area (TPSA) is 50.9 Å². The number of pyridine rings is 1. The van der Waals surface area contributed by atoms with Crippen LogP contribution in [-0.4, -0.2) is 4.98 Å². The number of nitrogen functional groups attached to an aromatic ring is 1. The van der Waals surface area contributed by atoms with Crippen LogP contribution in [0.3, 0.4) is 0 Å². The zero-order valence-corrected chi connectivity index (χ0v) is 8.70. The molecule has 0 aliphatic carbocycles. The second-order valence-corrected chi connectivity index (χ2v) is 3.51. The van der Waals surface area contributed by atoms with Crippen molar-refractivity contribution in [3.63, 3.8) is 0 Å². The summed E-state index contributed by atoms with van der Waals surface area (Å²) in [4.78, 5) is 4.12. The first-order valence-corrected chi connectivity index (χ1v) is 4.86. The molecule has 76 valence electrons. The number of nitrogens with two attached hydrogens (primary N) is 1. The predicted molar refractivity (Wildman–Crippen MR) is 63.4 cm³/mol. The van der Waals surface area contributed by atoms with Crippen LogP contribution in [0, 0.1) is 0 Å². The monoisotopic (exact) mass is 219 g/mol. The normalized spacial score (nSPS) is 9.93. The molecule has 0 atom stereocenters. The van der Waals surface area contributed by atoms with Gasteiger partial charge in [-0.15, -0.1) is 0 Å². The lowest BCUT2D eigenvalue weighted by Gasteiger charge is -2.07. The Labute approximate surface area is 92.9 Å². The molecule has 0 saturated carbocycles. The number of para-hydroxylation sites is 2. The van der Waals surface area contributed by atoms with E-state index >= 15 is 0 Å². The number of nitrogens with one attached hydrogen (secondary N) is 1. The largest absolute Gasteiger partial charge is 0.397 e. The quantitative estimate of drug-likeness (QED) is 0.764. The maximum absolute atomic E-state index is 5.78. The van der Waals surface area contributed by atoms with Gasteiger partial charge in [-0.3, -0.25) is 0 Å². The minimum Gasteiger partial charge on any atom is -0.397 e. The molecule has 2 aromatic rings. The summed E-state index contributed by atoms with van der Waals surface area (Å²) >= 11 is 5.73. The van der Waals surface area contributed by atoms with Gasteiger partial charge in [-0.05, 0) is 24.3 Å². The van der Waals surface area contributed by atoms with E-state index in [-0.39, 0.29) is 0 Å². The first-order chi connectivity index (χ1) is 7.25. The fraction of sp³-hybridized carbons (Fsp3) is 0. The highest BCUT2D eigenvalue weighted by Gasteiger charge is 1.98. The van der Waals surface area contributed by atoms with Crippen molar-refractivity contribution in [2.24, 2.45) is 0 Å². The molecule has 0 saturated heterocycles. The Hall–Kier alpha value is -1.74. The molecule has 0 amide bonds. The molecule has 4 heteroatoms. The van der Waals surface area contributed by atoms with Gasteiger partial charge in [0.05, 0.1) is 16.4 Å². The highest BCUT2D eigenvalue weighted by molar-refractivity contribution is 6.30. The number of benzene rings is 1. The van der Waals surface area contributed by atoms with Gasteiger partial charge >= 0.3 is 0 Å². The Kier molecular flexibility index (Phi) is 2.74. The molecule has 1 aromatic heterocycles. The van der Waals surface area contributed by atoms with E-state index in [9.17, 15) is 0 Å². The predicted octanol–water partition coefficient (Wildman–Crippen LogP) is 3.06. The first-order valence-electron chi connectivity index (χ1n) is 4.49. The van der Waals surface area contributed by atoms with Gasteiger partial charge in [-0.1, -0.05) is 23.7 Å². The van der Waals surface area contributed by atoms with Crippen molar-refractivity contribution in [1.29, 1.82) is 0 Å². The molecule has 0 aliphatic heterocycles. The fourth-order valence-electron chi connectivity index (χ4n) is 1.20. The molecular weight excluding hydrogens is 210 g/mol. The van der Waals surface area contributed by atoms with E-state index in [4.69, 9.17) is 17.3 Å². The SMILES string of the molecule is Nc1ccccc1Nc1ccc(Cl)cn1. The number of anilines is 3. The van der Waals surface area contributed by atoms with Gasteiger partial charge in [0.25, 0.3) is 0 Å². The number of rotatable bonds is 2. The molecule has 3 nitrogen and oxygen atoms in total. The summed E-state index contributed by atoms with van der Waals surface area (Å²) in [6.07, 6.45) is 1.59. The molecule has 2 rings (SSSR count). The molecule has 15 heavy (non-hydrogen) atoms. The molecule has 0 radical (unpaired) electrons. The number of hydrogen-bond donors (Lipinski definition) is 2. The molecule has 0 aliphatic rings. The molecule has 0 spiro atoms. The summed E-state index contributed by atoms with van der Waals surface area (Å²) in [6.45, 7) is 0. The molecule has 1 heterocycles. The first kappa shape index (κ1) is 9.80. The van der Waals surface area contributed by atoms with Crippen LogP contribution in [0.2, 0.25) is 5.02 Å². The van der Waals surface area contributed by atoms with Crippen LogP contribution in [0.15, 0.2) is 42.6 Å². The van der Waals surface area contributed by atoms with Crippen LogP contribution < -0.4 is 11.1 Å². The Morgan fingerprint density at radius 2 is 1.93 bits per heavy atom. The highest BCUT2D eigenvalue weighted by atomic mass is 35.5. The van der Waals surface area contributed by atoms with Gasteiger partial charge in [-0.2, -0.15) is 0 Å². The van der Waals surface area contributed by atoms with E-state index in [1.54, 1.807) is 18.3 Å². The summed E-state index contributed by atoms with van der Waals surface area (Å²) in [6, 6.07) is 11.1. The van der Waals surface area contributed by atoms with Crippen LogP contribution in [0.1, 0.15) is 0 Å². The standard InChI is InChI=1S/C11H10ClN3/c12-8-5-6-11(14-7-8)15-10-4-2-1-3-9(10)13/h1-7H,13H2,(H,14,15). The third-order valence-corrected chi connectivity index (χ3v) is 2.17. The van der Waals surface area contributed by atoms with Crippen molar-refractivity contribution in [3.8, 4) is 0 Å². The van der Waals surface area contributed by atoms with Crippen molar-refractivity contribution in [2.75, 3.05) is 11.1 Å². The van der Waals surface area contributed by atoms with Gasteiger partial charge in [-0.25, -0.2) is 4.98 Å². The summed E-state index contributed by atoms with van der Waals surface area (Å²) < 4.78 is 0. The van der Waals surface area contributed by atoms with E-state index in [2.05, 4.69) is 10.3 Å². The summed E-state index contributed by atoms with van der Waals surface area (Å²) in [5, 5.41) is 3.72. The van der Waals surface area contributed by atoms with Crippen LogP contribution in [0.5, 0.6) is 0 Å². The minimum atomic E-state index is 0.613. The van der Waals surface area contributed by atoms with Crippen molar-refractivity contribution in [2.45, 2.75) is 0 Å². The average molecular weight is 220 g/mol. The summed E-state index contributed by atoms with van der Waals surface area (Å²) in [7, 11) is 0. The van der Waals surface area contributed by atoms with Gasteiger partial charge in [0.15, 0.2) is 0 Å². The molecule has 0 fully saturated rings. The van der Waals surface area contributed by atoms with Crippen molar-refractivity contribution in [3.05, 3.63) is 47.6 Å². The smallest absolute Gasteiger partial charge is 0.130 e. The number of halogens is 1. The fourth-order valence-corrected chi connectivity index (χ4v) is 1.31. The Bertz CT molecular complexity index is 454. The lowest BCUT2D eigenvalue weighted by molar-refractivity contribution is 1.31. The van der Waals surface area contributed by atoms with E-state index in [0.717, 1.165) is 11.5 Å². The summed E-state index contributed by atoms with van der Waals surface area (Å²) in [5.41, 5.74) is 7.31. The van der Waals surface area contributed by atoms with Crippen LogP contribution >= 0.6 is 11.6 Å². The number of aromatic nitrogens is 1. The van der Waals surface area contributed by atoms with Gasteiger partial charge in [0.2, 0.25) is 0 Å². The van der Waals surface area contributed by atoms with Crippen LogP contribution in [-0.2, 0) is 0 Å². The molecule has 0 unspecified atom stereocenters. The molecule has 0 bridgehead atoms. The average Bonchev–Trinajstić information content (AvgIpc) is 2.25. The third-order valence-electron chi connectivity index (χ3n) is 1.95. The van der Waals surface area contributed by atoms with Gasteiger partial charge < -0.3 is 11.1 Å². The zero-order chi connectivity index (χ0) is 10.7. The highest BCUT2D eigenvalue weighted by Crippen LogP contribution is 2.21. The third kappa shape index (κ3) is 2.39. The lowest BCUT2D eigenvalue weighted by Crippen LogP contribution is -1.97. The van der Waals surface area contributed by atoms with E-state index < -0.39 is 0 Å². The minimum absolute atomic E-state index is 0.613. The second kappa shape index (κ2) is 4.19. The van der Waals surface area contributed by atoms with Crippen molar-refractivity contribution in [1.82, 2.24) is 4.98 Å². The Balaban J connectivity index is 2.22. The molecule has 3 N–H and O–H groups in total. The van der Waals surface area contributed by atoms with Crippen LogP contribution in [0.4, 0.5) is 17.2 Å². The maximum atomic E-state index is 5.78. The Morgan fingerprint density at radius 1 is 1.13 bits per heavy atom. The van der Waals surface area contributed by atoms with Gasteiger partial charge in [0, 0.05) is 6.20 Å². The zero-order valence-electron chi connectivity index (χ0n) is 7.94. The second-order valence-electron chi connectivity index (χ2n) is 3.07. The number of nitrogens with zero attached hydrogens (tertiary/aromatic N) is 1. The van der Waals surface area contributed by atoms with Crippen molar-refractivity contribution >= 4 is 28.8 Å². The molecule has 1 aromatic carbocycles. The van der Waals surface area contributed by atoms with Crippen LogP contribution in [0.25, 0.3) is 0 Å². The van der Waals surface area contributed by atoms with Crippen molar-refractivity contribution < 1.29 is 0 Å². The van der Waals surface area contributed by atoms with E-state index in [1.807, 2.05) is 24.3 Å². The maximum Gasteiger partial charge on any atom is 0.130 e. The molecular formula is C11H10ClN3. The lowest BCUT2D eigenvalue weighted by atomic mass is 10.2. The number of hydrogen-bond acceptors (Lipinski definition) is 3. The summed E-state index contributed by atoms with van der Waals surface area (Å²) in [5.74, 6) is 0.720. The van der Waals surface area contributed by atoms with E-state index in [1.165, 1.54) is 0 Å².